The molecule has 0 saturated carbocycles. The summed E-state index contributed by atoms with van der Waals surface area (Å²) in [6.45, 7) is 3.94. The normalized spacial score (nSPS) is 16.9. The van der Waals surface area contributed by atoms with Crippen molar-refractivity contribution in [3.8, 4) is 5.75 Å². The molecule has 4 rings (SSSR count). The van der Waals surface area contributed by atoms with Gasteiger partial charge in [-0.2, -0.15) is 0 Å². The Bertz CT molecular complexity index is 1130. The molecule has 2 aliphatic rings. The fourth-order valence-electron chi connectivity index (χ4n) is 4.02. The van der Waals surface area contributed by atoms with Crippen LogP contribution in [0.5, 0.6) is 5.75 Å². The highest BCUT2D eigenvalue weighted by atomic mass is 32.2. The number of hydrogen-bond donors (Lipinski definition) is 2. The number of benzene rings is 2. The molecule has 2 aliphatic heterocycles. The van der Waals surface area contributed by atoms with Crippen LogP contribution in [0.15, 0.2) is 58.4 Å². The molecule has 10 heteroatoms. The zero-order valence-electron chi connectivity index (χ0n) is 18.7. The summed E-state index contributed by atoms with van der Waals surface area (Å²) in [5, 5.41) is 2.82. The standard InChI is InChI=1S/C23H29N5O4S/c1-32-21-9-3-2-8-20(21)28-14-12-27(13-15-28)17-23(29)25-18-6-4-7-19(16-18)33(30,31)26-22-10-5-11-24-22/h2-4,6-9,16H,5,10-15,17H2,1H3,(H,24,26)(H,25,29). The number of methoxy groups -OCH3 is 1. The minimum Gasteiger partial charge on any atom is -0.495 e. The van der Waals surface area contributed by atoms with Crippen molar-refractivity contribution in [1.29, 1.82) is 0 Å². The number of amidine groups is 1. The van der Waals surface area contributed by atoms with E-state index in [0.29, 0.717) is 24.5 Å². The fraction of sp³-hybridized carbons (Fsp3) is 0.391. The number of aliphatic imine (C=N–C) groups is 1. The maximum atomic E-state index is 12.6. The van der Waals surface area contributed by atoms with E-state index in [2.05, 4.69) is 24.8 Å². The first-order valence-electron chi connectivity index (χ1n) is 11.0. The third kappa shape index (κ3) is 5.82. The minimum atomic E-state index is -3.73. The highest BCUT2D eigenvalue weighted by Gasteiger charge is 2.22. The first-order valence-corrected chi connectivity index (χ1v) is 12.5. The van der Waals surface area contributed by atoms with E-state index in [0.717, 1.165) is 44.0 Å². The van der Waals surface area contributed by atoms with E-state index >= 15 is 0 Å². The van der Waals surface area contributed by atoms with Crippen LogP contribution in [0.25, 0.3) is 0 Å². The second-order valence-corrected chi connectivity index (χ2v) is 9.73. The third-order valence-corrected chi connectivity index (χ3v) is 7.10. The number of nitrogens with one attached hydrogen (secondary N) is 2. The maximum Gasteiger partial charge on any atom is 0.262 e. The predicted octanol–water partition coefficient (Wildman–Crippen LogP) is 1.93. The summed E-state index contributed by atoms with van der Waals surface area (Å²) in [7, 11) is -2.06. The van der Waals surface area contributed by atoms with Crippen LogP contribution in [0.4, 0.5) is 11.4 Å². The highest BCUT2D eigenvalue weighted by molar-refractivity contribution is 7.90. The molecule has 0 aliphatic carbocycles. The lowest BCUT2D eigenvalue weighted by Crippen LogP contribution is -2.48. The summed E-state index contributed by atoms with van der Waals surface area (Å²) in [6, 6.07) is 14.2. The van der Waals surface area contributed by atoms with Crippen LogP contribution in [0.2, 0.25) is 0 Å². The van der Waals surface area contributed by atoms with Gasteiger partial charge in [-0.05, 0) is 36.8 Å². The van der Waals surface area contributed by atoms with Crippen molar-refractivity contribution in [1.82, 2.24) is 9.62 Å². The lowest BCUT2D eigenvalue weighted by atomic mass is 10.2. The van der Waals surface area contributed by atoms with Crippen molar-refractivity contribution in [2.24, 2.45) is 4.99 Å². The molecule has 1 saturated heterocycles. The Hall–Kier alpha value is -3.11. The lowest BCUT2D eigenvalue weighted by molar-refractivity contribution is -0.117. The van der Waals surface area contributed by atoms with Gasteiger partial charge < -0.3 is 15.0 Å². The monoisotopic (exact) mass is 471 g/mol. The number of piperazine rings is 1. The second-order valence-electron chi connectivity index (χ2n) is 8.05. The number of ether oxygens (including phenoxy) is 1. The van der Waals surface area contributed by atoms with Gasteiger partial charge in [0.05, 0.1) is 24.2 Å². The smallest absolute Gasteiger partial charge is 0.262 e. The molecular formula is C23H29N5O4S. The van der Waals surface area contributed by atoms with Gasteiger partial charge in [0.2, 0.25) is 5.91 Å². The summed E-state index contributed by atoms with van der Waals surface area (Å²) in [6.07, 6.45) is 1.47. The van der Waals surface area contributed by atoms with E-state index < -0.39 is 10.0 Å². The number of amides is 1. The van der Waals surface area contributed by atoms with Gasteiger partial charge in [0.25, 0.3) is 10.0 Å². The molecule has 1 amide bonds. The van der Waals surface area contributed by atoms with Gasteiger partial charge >= 0.3 is 0 Å². The third-order valence-electron chi connectivity index (χ3n) is 5.72. The van der Waals surface area contributed by atoms with Crippen molar-refractivity contribution in [2.75, 3.05) is 56.6 Å². The first-order chi connectivity index (χ1) is 15.9. The lowest BCUT2D eigenvalue weighted by Gasteiger charge is -2.36. The summed E-state index contributed by atoms with van der Waals surface area (Å²) in [5.41, 5.74) is 1.50. The Balaban J connectivity index is 1.31. The zero-order chi connectivity index (χ0) is 23.3. The number of rotatable bonds is 7. The summed E-state index contributed by atoms with van der Waals surface area (Å²) < 4.78 is 33.2. The summed E-state index contributed by atoms with van der Waals surface area (Å²) >= 11 is 0. The Morgan fingerprint density at radius 2 is 1.88 bits per heavy atom. The van der Waals surface area contributed by atoms with E-state index in [9.17, 15) is 13.2 Å². The van der Waals surface area contributed by atoms with Crippen LogP contribution in [0.3, 0.4) is 0 Å². The van der Waals surface area contributed by atoms with E-state index in [-0.39, 0.29) is 17.3 Å². The molecule has 0 spiro atoms. The quantitative estimate of drug-likeness (QED) is 0.640. The number of hydrogen-bond acceptors (Lipinski definition) is 7. The molecule has 2 N–H and O–H groups in total. The molecule has 2 aromatic rings. The molecule has 0 bridgehead atoms. The predicted molar refractivity (Wildman–Crippen MR) is 129 cm³/mol. The Labute approximate surface area is 194 Å². The molecule has 0 atom stereocenters. The molecular weight excluding hydrogens is 442 g/mol. The van der Waals surface area contributed by atoms with E-state index in [1.165, 1.54) is 12.1 Å². The number of para-hydroxylation sites is 2. The number of sulfonamides is 1. The van der Waals surface area contributed by atoms with Crippen molar-refractivity contribution in [3.63, 3.8) is 0 Å². The fourth-order valence-corrected chi connectivity index (χ4v) is 5.15. The van der Waals surface area contributed by atoms with Crippen molar-refractivity contribution < 1.29 is 17.9 Å². The van der Waals surface area contributed by atoms with E-state index in [1.807, 2.05) is 24.3 Å². The van der Waals surface area contributed by atoms with Crippen LogP contribution < -0.4 is 19.7 Å². The van der Waals surface area contributed by atoms with Crippen LogP contribution in [-0.2, 0) is 14.8 Å². The summed E-state index contributed by atoms with van der Waals surface area (Å²) in [5.74, 6) is 1.15. The van der Waals surface area contributed by atoms with Crippen molar-refractivity contribution in [3.05, 3.63) is 48.5 Å². The topological polar surface area (TPSA) is 103 Å². The number of anilines is 2. The number of carbonyl (C=O) groups excluding carboxylic acids is 1. The molecule has 0 radical (unpaired) electrons. The maximum absolute atomic E-state index is 12.6. The zero-order valence-corrected chi connectivity index (χ0v) is 19.5. The Kier molecular flexibility index (Phi) is 7.14. The van der Waals surface area contributed by atoms with Gasteiger partial charge in [0.1, 0.15) is 11.6 Å². The summed E-state index contributed by atoms with van der Waals surface area (Å²) in [4.78, 5) is 21.2. The number of carbonyl (C=O) groups is 1. The number of nitrogens with zero attached hydrogens (tertiary/aromatic N) is 3. The van der Waals surface area contributed by atoms with Gasteiger partial charge in [-0.25, -0.2) is 8.42 Å². The van der Waals surface area contributed by atoms with Gasteiger partial charge in [-0.3, -0.25) is 19.4 Å². The van der Waals surface area contributed by atoms with Crippen LogP contribution in [0, 0.1) is 0 Å². The molecule has 0 aromatic heterocycles. The van der Waals surface area contributed by atoms with E-state index in [1.54, 1.807) is 19.2 Å². The molecule has 1 fully saturated rings. The van der Waals surface area contributed by atoms with Gasteiger partial charge in [-0.15, -0.1) is 0 Å². The SMILES string of the molecule is COc1ccccc1N1CCN(CC(=O)Nc2cccc(S(=O)(=O)NC3=NCCC3)c2)CC1. The van der Waals surface area contributed by atoms with Crippen molar-refractivity contribution in [2.45, 2.75) is 17.7 Å². The molecule has 9 nitrogen and oxygen atoms in total. The molecule has 176 valence electrons. The molecule has 2 aromatic carbocycles. The average Bonchev–Trinajstić information content (AvgIpc) is 3.32. The van der Waals surface area contributed by atoms with Gasteiger partial charge in [0.15, 0.2) is 0 Å². The minimum absolute atomic E-state index is 0.0975. The Morgan fingerprint density at radius 1 is 1.09 bits per heavy atom. The van der Waals surface area contributed by atoms with E-state index in [4.69, 9.17) is 4.74 Å². The van der Waals surface area contributed by atoms with Gasteiger partial charge in [0, 0.05) is 44.8 Å². The van der Waals surface area contributed by atoms with Crippen LogP contribution in [0.1, 0.15) is 12.8 Å². The van der Waals surface area contributed by atoms with Gasteiger partial charge in [-0.1, -0.05) is 18.2 Å². The van der Waals surface area contributed by atoms with Crippen LogP contribution in [-0.4, -0.2) is 71.4 Å². The largest absolute Gasteiger partial charge is 0.495 e. The molecule has 2 heterocycles. The second kappa shape index (κ2) is 10.2. The Morgan fingerprint density at radius 3 is 2.61 bits per heavy atom. The molecule has 0 unspecified atom stereocenters. The van der Waals surface area contributed by atoms with Crippen LogP contribution >= 0.6 is 0 Å². The first kappa shape index (κ1) is 23.1. The average molecular weight is 472 g/mol. The van der Waals surface area contributed by atoms with Crippen molar-refractivity contribution >= 4 is 33.1 Å². The highest BCUT2D eigenvalue weighted by Crippen LogP contribution is 2.28. The molecule has 33 heavy (non-hydrogen) atoms.